The normalized spacial score (nSPS) is 12.9. The number of hydrogen-bond donors (Lipinski definition) is 1. The van der Waals surface area contributed by atoms with Gasteiger partial charge in [0.05, 0.1) is 6.10 Å². The van der Waals surface area contributed by atoms with Crippen LogP contribution in [0, 0.1) is 0 Å². The topological polar surface area (TPSA) is 29.5 Å². The summed E-state index contributed by atoms with van der Waals surface area (Å²) in [5, 5.41) is 9.66. The maximum Gasteiger partial charge on any atom is 0.120 e. The van der Waals surface area contributed by atoms with Gasteiger partial charge in [0, 0.05) is 4.91 Å². The molecule has 0 aliphatic heterocycles. The Morgan fingerprint density at radius 2 is 1.91 bits per heavy atom. The summed E-state index contributed by atoms with van der Waals surface area (Å²) in [7, 11) is 0. The molecule has 0 saturated carbocycles. The van der Waals surface area contributed by atoms with Gasteiger partial charge < -0.3 is 9.84 Å². The SMILES string of the molecule is C=C(C)c1cc(OC[C@H](O)CC)cc(C(=C)S/C(C)=C\C)c1. The fraction of sp³-hybridized carbons (Fsp3) is 0.368. The molecule has 0 aromatic heterocycles. The number of benzene rings is 1. The van der Waals surface area contributed by atoms with Crippen molar-refractivity contribution in [2.75, 3.05) is 6.61 Å². The molecule has 0 radical (unpaired) electrons. The highest BCUT2D eigenvalue weighted by Crippen LogP contribution is 2.35. The van der Waals surface area contributed by atoms with E-state index in [1.165, 1.54) is 4.91 Å². The van der Waals surface area contributed by atoms with E-state index in [4.69, 9.17) is 4.74 Å². The zero-order chi connectivity index (χ0) is 16.7. The highest BCUT2D eigenvalue weighted by molar-refractivity contribution is 8.11. The summed E-state index contributed by atoms with van der Waals surface area (Å²) >= 11 is 1.64. The van der Waals surface area contributed by atoms with Gasteiger partial charge >= 0.3 is 0 Å². The van der Waals surface area contributed by atoms with Crippen molar-refractivity contribution in [3.8, 4) is 5.75 Å². The summed E-state index contributed by atoms with van der Waals surface area (Å²) in [5.41, 5.74) is 3.02. The van der Waals surface area contributed by atoms with Crippen molar-refractivity contribution in [1.82, 2.24) is 0 Å². The average Bonchev–Trinajstić information content (AvgIpc) is 2.51. The highest BCUT2D eigenvalue weighted by Gasteiger charge is 2.09. The van der Waals surface area contributed by atoms with Gasteiger partial charge in [-0.2, -0.15) is 0 Å². The number of allylic oxidation sites excluding steroid dienone is 3. The molecule has 1 aromatic carbocycles. The Bertz CT molecular complexity index is 573. The molecule has 0 saturated heterocycles. The maximum absolute atomic E-state index is 9.66. The second-order valence-electron chi connectivity index (χ2n) is 5.32. The number of aliphatic hydroxyl groups is 1. The molecule has 0 unspecified atom stereocenters. The predicted molar refractivity (Wildman–Crippen MR) is 99.0 cm³/mol. The Balaban J connectivity index is 3.03. The smallest absolute Gasteiger partial charge is 0.120 e. The minimum atomic E-state index is -0.445. The molecule has 0 aliphatic carbocycles. The Hall–Kier alpha value is -1.45. The van der Waals surface area contributed by atoms with Crippen LogP contribution in [0.2, 0.25) is 0 Å². The van der Waals surface area contributed by atoms with Gasteiger partial charge in [-0.3, -0.25) is 0 Å². The Labute approximate surface area is 138 Å². The zero-order valence-electron chi connectivity index (χ0n) is 14.0. The van der Waals surface area contributed by atoms with Crippen LogP contribution >= 0.6 is 11.8 Å². The molecule has 0 bridgehead atoms. The quantitative estimate of drug-likeness (QED) is 0.686. The number of ether oxygens (including phenoxy) is 1. The van der Waals surface area contributed by atoms with Crippen molar-refractivity contribution in [3.05, 3.63) is 53.5 Å². The van der Waals surface area contributed by atoms with Crippen LogP contribution in [0.25, 0.3) is 10.5 Å². The van der Waals surface area contributed by atoms with Gasteiger partial charge in [0.2, 0.25) is 0 Å². The van der Waals surface area contributed by atoms with Crippen LogP contribution in [0.15, 0.2) is 42.3 Å². The van der Waals surface area contributed by atoms with Gasteiger partial charge in [-0.1, -0.05) is 43.5 Å². The summed E-state index contributed by atoms with van der Waals surface area (Å²) in [6.45, 7) is 16.4. The van der Waals surface area contributed by atoms with Gasteiger partial charge in [-0.15, -0.1) is 0 Å². The fourth-order valence-corrected chi connectivity index (χ4v) is 2.45. The van der Waals surface area contributed by atoms with Crippen molar-refractivity contribution >= 4 is 22.2 Å². The van der Waals surface area contributed by atoms with Crippen molar-refractivity contribution in [2.24, 2.45) is 0 Å². The van der Waals surface area contributed by atoms with E-state index in [9.17, 15) is 5.11 Å². The molecule has 2 nitrogen and oxygen atoms in total. The van der Waals surface area contributed by atoms with Gasteiger partial charge in [0.1, 0.15) is 12.4 Å². The van der Waals surface area contributed by atoms with E-state index in [2.05, 4.69) is 32.2 Å². The monoisotopic (exact) mass is 318 g/mol. The van der Waals surface area contributed by atoms with Crippen molar-refractivity contribution < 1.29 is 9.84 Å². The molecule has 22 heavy (non-hydrogen) atoms. The molecule has 1 atom stereocenters. The molecule has 0 spiro atoms. The largest absolute Gasteiger partial charge is 0.491 e. The van der Waals surface area contributed by atoms with Crippen LogP contribution < -0.4 is 4.74 Å². The summed E-state index contributed by atoms with van der Waals surface area (Å²) in [6.07, 6.45) is 2.29. The van der Waals surface area contributed by atoms with E-state index in [1.807, 2.05) is 32.9 Å². The number of hydrogen-bond acceptors (Lipinski definition) is 3. The first-order chi connectivity index (χ1) is 10.4. The van der Waals surface area contributed by atoms with Crippen LogP contribution in [-0.2, 0) is 0 Å². The number of rotatable bonds is 8. The Morgan fingerprint density at radius 1 is 1.27 bits per heavy atom. The molecule has 3 heteroatoms. The van der Waals surface area contributed by atoms with Gasteiger partial charge in [-0.05, 0) is 61.4 Å². The highest BCUT2D eigenvalue weighted by atomic mass is 32.2. The second kappa shape index (κ2) is 8.86. The molecule has 1 rings (SSSR count). The van der Waals surface area contributed by atoms with Gasteiger partial charge in [0.15, 0.2) is 0 Å². The van der Waals surface area contributed by atoms with Crippen LogP contribution in [0.1, 0.15) is 45.2 Å². The first kappa shape index (κ1) is 18.6. The van der Waals surface area contributed by atoms with E-state index in [1.54, 1.807) is 11.8 Å². The van der Waals surface area contributed by atoms with Crippen LogP contribution in [-0.4, -0.2) is 17.8 Å². The van der Waals surface area contributed by atoms with Crippen LogP contribution in [0.3, 0.4) is 0 Å². The number of thioether (sulfide) groups is 1. The molecule has 0 fully saturated rings. The first-order valence-corrected chi connectivity index (χ1v) is 8.30. The molecular weight excluding hydrogens is 292 g/mol. The molecule has 1 aromatic rings. The maximum atomic E-state index is 9.66. The third kappa shape index (κ3) is 5.74. The summed E-state index contributed by atoms with van der Waals surface area (Å²) in [6, 6.07) is 5.99. The first-order valence-electron chi connectivity index (χ1n) is 7.49. The average molecular weight is 318 g/mol. The van der Waals surface area contributed by atoms with Crippen molar-refractivity contribution in [3.63, 3.8) is 0 Å². The lowest BCUT2D eigenvalue weighted by atomic mass is 10.0. The van der Waals surface area contributed by atoms with Gasteiger partial charge in [-0.25, -0.2) is 0 Å². The third-order valence-electron chi connectivity index (χ3n) is 3.33. The molecular formula is C19H26O2S. The molecule has 120 valence electrons. The molecule has 0 heterocycles. The Morgan fingerprint density at radius 3 is 2.45 bits per heavy atom. The third-order valence-corrected chi connectivity index (χ3v) is 4.37. The van der Waals surface area contributed by atoms with Gasteiger partial charge in [0.25, 0.3) is 0 Å². The summed E-state index contributed by atoms with van der Waals surface area (Å²) < 4.78 is 5.72. The van der Waals surface area contributed by atoms with E-state index in [0.29, 0.717) is 13.0 Å². The minimum absolute atomic E-state index is 0.295. The molecule has 0 aliphatic rings. The molecule has 1 N–H and O–H groups in total. The van der Waals surface area contributed by atoms with E-state index in [-0.39, 0.29) is 0 Å². The van der Waals surface area contributed by atoms with Crippen molar-refractivity contribution in [1.29, 1.82) is 0 Å². The lowest BCUT2D eigenvalue weighted by Gasteiger charge is -2.14. The fourth-order valence-electron chi connectivity index (χ4n) is 1.71. The predicted octanol–water partition coefficient (Wildman–Crippen LogP) is 5.50. The standard InChI is InChI=1S/C19H26O2S/c1-7-14(5)22-15(6)17-9-16(13(3)4)10-19(11-17)21-12-18(20)8-2/h7,9-11,18,20H,3,6,8,12H2,1-2,4-5H3/b14-7-/t18-/m1/s1. The lowest BCUT2D eigenvalue weighted by molar-refractivity contribution is 0.104. The Kier molecular flexibility index (Phi) is 7.49. The minimum Gasteiger partial charge on any atom is -0.491 e. The zero-order valence-corrected chi connectivity index (χ0v) is 14.8. The summed E-state index contributed by atoms with van der Waals surface area (Å²) in [4.78, 5) is 2.18. The lowest BCUT2D eigenvalue weighted by Crippen LogP contribution is -2.16. The van der Waals surface area contributed by atoms with E-state index < -0.39 is 6.10 Å². The van der Waals surface area contributed by atoms with E-state index in [0.717, 1.165) is 27.4 Å². The van der Waals surface area contributed by atoms with Crippen molar-refractivity contribution in [2.45, 2.75) is 40.2 Å². The number of aliphatic hydroxyl groups excluding tert-OH is 1. The second-order valence-corrected chi connectivity index (χ2v) is 6.66. The van der Waals surface area contributed by atoms with Crippen LogP contribution in [0.4, 0.5) is 0 Å². The molecule has 0 amide bonds. The van der Waals surface area contributed by atoms with Crippen LogP contribution in [0.5, 0.6) is 5.75 Å². The summed E-state index contributed by atoms with van der Waals surface area (Å²) in [5.74, 6) is 0.739. The van der Waals surface area contributed by atoms with E-state index >= 15 is 0 Å².